The van der Waals surface area contributed by atoms with E-state index in [-0.39, 0.29) is 29.6 Å². The van der Waals surface area contributed by atoms with Gasteiger partial charge in [0.1, 0.15) is 24.1 Å². The van der Waals surface area contributed by atoms with Gasteiger partial charge in [-0.15, -0.1) is 0 Å². The average Bonchev–Trinajstić information content (AvgIpc) is 3.13. The Morgan fingerprint density at radius 3 is 2.89 bits per heavy atom. The van der Waals surface area contributed by atoms with Crippen LogP contribution >= 0.6 is 0 Å². The SMILES string of the molecule is CC(C)C(=O)OC[C@H]1O[C@@H](n2cnc3c(=O)[nH]c(N)nc32)[C@H](S(C)=O)[C@@H]1O. The Morgan fingerprint density at radius 1 is 1.56 bits per heavy atom. The fourth-order valence-corrected chi connectivity index (χ4v) is 3.99. The first-order valence-corrected chi connectivity index (χ1v) is 9.87. The predicted molar refractivity (Wildman–Crippen MR) is 96.1 cm³/mol. The third-order valence-corrected chi connectivity index (χ3v) is 5.56. The van der Waals surface area contributed by atoms with Crippen molar-refractivity contribution in [2.45, 2.75) is 37.5 Å². The van der Waals surface area contributed by atoms with E-state index in [0.717, 1.165) is 0 Å². The minimum Gasteiger partial charge on any atom is -0.463 e. The van der Waals surface area contributed by atoms with Crippen molar-refractivity contribution in [1.29, 1.82) is 0 Å². The third kappa shape index (κ3) is 3.59. The monoisotopic (exact) mass is 399 g/mol. The lowest BCUT2D eigenvalue weighted by atomic mass is 10.2. The molecule has 27 heavy (non-hydrogen) atoms. The molecule has 0 amide bonds. The highest BCUT2D eigenvalue weighted by Gasteiger charge is 2.48. The van der Waals surface area contributed by atoms with Gasteiger partial charge < -0.3 is 20.3 Å². The molecular weight excluding hydrogens is 378 g/mol. The summed E-state index contributed by atoms with van der Waals surface area (Å²) >= 11 is 0. The van der Waals surface area contributed by atoms with Gasteiger partial charge in [0.15, 0.2) is 17.4 Å². The number of nitrogen functional groups attached to an aromatic ring is 1. The molecule has 1 fully saturated rings. The Balaban J connectivity index is 1.93. The minimum absolute atomic E-state index is 0.0395. The Labute approximate surface area is 156 Å². The van der Waals surface area contributed by atoms with E-state index in [4.69, 9.17) is 15.2 Å². The van der Waals surface area contributed by atoms with E-state index in [0.29, 0.717) is 0 Å². The molecule has 0 spiro atoms. The molecule has 2 aromatic rings. The summed E-state index contributed by atoms with van der Waals surface area (Å²) in [5, 5.41) is 9.72. The molecule has 1 saturated heterocycles. The number of carbonyl (C=O) groups is 1. The molecule has 12 heteroatoms. The minimum atomic E-state index is -1.49. The lowest BCUT2D eigenvalue weighted by molar-refractivity contribution is -0.153. The summed E-state index contributed by atoms with van der Waals surface area (Å²) in [5.74, 6) is -0.867. The molecule has 1 aliphatic rings. The van der Waals surface area contributed by atoms with Gasteiger partial charge in [-0.25, -0.2) is 4.98 Å². The number of carbonyl (C=O) groups excluding carboxylic acids is 1. The van der Waals surface area contributed by atoms with Gasteiger partial charge in [-0.2, -0.15) is 4.98 Å². The largest absolute Gasteiger partial charge is 0.463 e. The molecule has 148 valence electrons. The van der Waals surface area contributed by atoms with E-state index in [1.54, 1.807) is 13.8 Å². The van der Waals surface area contributed by atoms with Crippen molar-refractivity contribution in [2.24, 2.45) is 5.92 Å². The quantitative estimate of drug-likeness (QED) is 0.530. The average molecular weight is 399 g/mol. The predicted octanol–water partition coefficient (Wildman–Crippen LogP) is -1.09. The van der Waals surface area contributed by atoms with Gasteiger partial charge in [-0.05, 0) is 0 Å². The van der Waals surface area contributed by atoms with Crippen LogP contribution in [0.2, 0.25) is 0 Å². The van der Waals surface area contributed by atoms with E-state index >= 15 is 0 Å². The van der Waals surface area contributed by atoms with Crippen LogP contribution in [0.4, 0.5) is 5.95 Å². The Hall–Kier alpha value is -2.31. The summed E-state index contributed by atoms with van der Waals surface area (Å²) in [7, 11) is -1.49. The van der Waals surface area contributed by atoms with E-state index in [2.05, 4.69) is 15.0 Å². The van der Waals surface area contributed by atoms with Crippen LogP contribution in [0.3, 0.4) is 0 Å². The lowest BCUT2D eigenvalue weighted by Crippen LogP contribution is -2.37. The summed E-state index contributed by atoms with van der Waals surface area (Å²) in [6, 6.07) is 0. The molecule has 3 heterocycles. The number of nitrogens with zero attached hydrogens (tertiary/aromatic N) is 3. The van der Waals surface area contributed by atoms with Crippen molar-refractivity contribution in [3.05, 3.63) is 16.7 Å². The lowest BCUT2D eigenvalue weighted by Gasteiger charge is -2.19. The molecule has 0 aliphatic carbocycles. The highest BCUT2D eigenvalue weighted by Crippen LogP contribution is 2.34. The van der Waals surface area contributed by atoms with Crippen LogP contribution < -0.4 is 11.3 Å². The maximum atomic E-state index is 12.2. The van der Waals surface area contributed by atoms with Crippen LogP contribution in [-0.4, -0.2) is 65.1 Å². The zero-order valence-corrected chi connectivity index (χ0v) is 15.8. The van der Waals surface area contributed by atoms with E-state index in [1.165, 1.54) is 17.2 Å². The third-order valence-electron chi connectivity index (χ3n) is 4.28. The number of aromatic amines is 1. The Bertz CT molecular complexity index is 940. The number of nitrogens with one attached hydrogen (secondary N) is 1. The fraction of sp³-hybridized carbons (Fsp3) is 0.600. The van der Waals surface area contributed by atoms with Gasteiger partial charge in [0, 0.05) is 17.1 Å². The van der Waals surface area contributed by atoms with Crippen LogP contribution in [0, 0.1) is 5.92 Å². The molecule has 0 saturated carbocycles. The summed E-state index contributed by atoms with van der Waals surface area (Å²) in [4.78, 5) is 34.0. The first kappa shape index (κ1) is 19.5. The molecular formula is C15H21N5O6S. The summed E-state index contributed by atoms with van der Waals surface area (Å²) in [5.41, 5.74) is 5.25. The Kier molecular flexibility index (Phi) is 5.31. The highest BCUT2D eigenvalue weighted by molar-refractivity contribution is 7.85. The van der Waals surface area contributed by atoms with Gasteiger partial charge in [0.05, 0.1) is 12.2 Å². The molecule has 5 atom stereocenters. The number of aliphatic hydroxyl groups is 1. The number of fused-ring (bicyclic) bond motifs is 1. The first-order chi connectivity index (χ1) is 12.7. The van der Waals surface area contributed by atoms with Gasteiger partial charge in [-0.3, -0.25) is 23.3 Å². The molecule has 4 N–H and O–H groups in total. The zero-order chi connectivity index (χ0) is 19.9. The number of imidazole rings is 1. The maximum absolute atomic E-state index is 12.2. The number of nitrogens with two attached hydrogens (primary N) is 1. The number of rotatable bonds is 5. The van der Waals surface area contributed by atoms with Crippen LogP contribution in [-0.2, 0) is 25.1 Å². The van der Waals surface area contributed by atoms with Crippen LogP contribution in [0.1, 0.15) is 20.1 Å². The van der Waals surface area contributed by atoms with E-state index < -0.39 is 46.0 Å². The second kappa shape index (κ2) is 7.37. The molecule has 0 aromatic carbocycles. The molecule has 0 bridgehead atoms. The molecule has 0 radical (unpaired) electrons. The van der Waals surface area contributed by atoms with E-state index in [9.17, 15) is 18.9 Å². The van der Waals surface area contributed by atoms with Crippen molar-refractivity contribution >= 4 is 33.9 Å². The maximum Gasteiger partial charge on any atom is 0.308 e. The standard InChI is InChI=1S/C15H21N5O6S/c1-6(2)14(23)25-4-7-9(21)10(27(3)24)13(26-7)20-5-17-8-11(20)18-15(16)19-12(8)22/h5-7,9-10,13,21H,4H2,1-3H3,(H3,16,18,19,22)/t7-,9-,10-,13-,27?/m1/s1. The summed E-state index contributed by atoms with van der Waals surface area (Å²) < 4.78 is 24.6. The smallest absolute Gasteiger partial charge is 0.308 e. The van der Waals surface area contributed by atoms with Crippen molar-refractivity contribution in [3.8, 4) is 0 Å². The topological polar surface area (TPSA) is 162 Å². The van der Waals surface area contributed by atoms with Gasteiger partial charge in [-0.1, -0.05) is 13.8 Å². The normalized spacial score (nSPS) is 26.6. The summed E-state index contributed by atoms with van der Waals surface area (Å²) in [6.45, 7) is 3.18. The van der Waals surface area contributed by atoms with Gasteiger partial charge >= 0.3 is 5.97 Å². The Morgan fingerprint density at radius 2 is 2.26 bits per heavy atom. The fourth-order valence-electron chi connectivity index (χ4n) is 2.90. The number of hydrogen-bond acceptors (Lipinski definition) is 9. The number of esters is 1. The van der Waals surface area contributed by atoms with Crippen molar-refractivity contribution in [1.82, 2.24) is 19.5 Å². The number of anilines is 1. The molecule has 3 rings (SSSR count). The number of ether oxygens (including phenoxy) is 2. The molecule has 1 unspecified atom stereocenters. The number of aromatic nitrogens is 4. The molecule has 1 aliphatic heterocycles. The van der Waals surface area contributed by atoms with Crippen molar-refractivity contribution < 1.29 is 23.6 Å². The first-order valence-electron chi connectivity index (χ1n) is 8.25. The molecule has 2 aromatic heterocycles. The van der Waals surface area contributed by atoms with E-state index in [1.807, 2.05) is 0 Å². The van der Waals surface area contributed by atoms with Gasteiger partial charge in [0.25, 0.3) is 5.56 Å². The highest BCUT2D eigenvalue weighted by atomic mass is 32.2. The summed E-state index contributed by atoms with van der Waals surface area (Å²) in [6.07, 6.45) is -0.222. The van der Waals surface area contributed by atoms with Crippen molar-refractivity contribution in [2.75, 3.05) is 18.6 Å². The number of H-pyrrole nitrogens is 1. The second-order valence-electron chi connectivity index (χ2n) is 6.58. The molecule has 11 nitrogen and oxygen atoms in total. The van der Waals surface area contributed by atoms with Crippen LogP contribution in [0.15, 0.2) is 11.1 Å². The van der Waals surface area contributed by atoms with Gasteiger partial charge in [0.2, 0.25) is 5.95 Å². The van der Waals surface area contributed by atoms with Crippen LogP contribution in [0.5, 0.6) is 0 Å². The van der Waals surface area contributed by atoms with Crippen LogP contribution in [0.25, 0.3) is 11.2 Å². The van der Waals surface area contributed by atoms with Crippen molar-refractivity contribution in [3.63, 3.8) is 0 Å². The number of hydrogen-bond donors (Lipinski definition) is 3. The zero-order valence-electron chi connectivity index (χ0n) is 15.0. The number of aliphatic hydroxyl groups excluding tert-OH is 1. The second-order valence-corrected chi connectivity index (χ2v) is 8.12.